The largest absolute Gasteiger partial charge is 0.410 e. The van der Waals surface area contributed by atoms with Gasteiger partial charge in [-0.05, 0) is 41.7 Å². The van der Waals surface area contributed by atoms with Gasteiger partial charge in [-0.15, -0.1) is 11.3 Å². The Morgan fingerprint density at radius 3 is 2.62 bits per heavy atom. The second kappa shape index (κ2) is 9.21. The zero-order valence-electron chi connectivity index (χ0n) is 20.8. The lowest BCUT2D eigenvalue weighted by molar-refractivity contribution is -0.173. The van der Waals surface area contributed by atoms with E-state index < -0.39 is 24.2 Å². The molecule has 194 valence electrons. The number of benzene rings is 1. The van der Waals surface area contributed by atoms with Crippen LogP contribution in [0.4, 0.5) is 24.0 Å². The monoisotopic (exact) mass is 527 g/mol. The van der Waals surface area contributed by atoms with Crippen LogP contribution >= 0.6 is 11.3 Å². The molecule has 3 heterocycles. The van der Waals surface area contributed by atoms with Gasteiger partial charge >= 0.3 is 6.18 Å². The average Bonchev–Trinajstić information content (AvgIpc) is 3.43. The van der Waals surface area contributed by atoms with Crippen LogP contribution in [0.25, 0.3) is 0 Å². The Kier molecular flexibility index (Phi) is 6.31. The topological polar surface area (TPSA) is 82.7 Å². The predicted molar refractivity (Wildman–Crippen MR) is 137 cm³/mol. The minimum Gasteiger partial charge on any atom is -0.363 e. The molecule has 2 N–H and O–H groups in total. The SMILES string of the molecule is CC(C)(C)C1CCc2c(sc(NC(=O)c3cc4n(n3)C(C(F)(F)F)CC(c3ccccc3)N4)c2C#N)C1. The molecule has 3 aromatic rings. The van der Waals surface area contributed by atoms with Crippen LogP contribution in [0.1, 0.15) is 77.8 Å². The van der Waals surface area contributed by atoms with Crippen molar-refractivity contribution in [2.24, 2.45) is 11.3 Å². The number of alkyl halides is 3. The zero-order valence-corrected chi connectivity index (χ0v) is 21.6. The number of amides is 1. The average molecular weight is 528 g/mol. The number of aromatic nitrogens is 2. The number of thiophene rings is 1. The number of rotatable bonds is 3. The first kappa shape index (κ1) is 25.3. The van der Waals surface area contributed by atoms with E-state index in [2.05, 4.69) is 42.6 Å². The summed E-state index contributed by atoms with van der Waals surface area (Å²) in [4.78, 5) is 14.2. The van der Waals surface area contributed by atoms with Gasteiger partial charge in [0.05, 0.1) is 11.6 Å². The summed E-state index contributed by atoms with van der Waals surface area (Å²) in [5.74, 6) is -0.0357. The molecule has 5 rings (SSSR count). The third kappa shape index (κ3) is 4.85. The summed E-state index contributed by atoms with van der Waals surface area (Å²) in [5.41, 5.74) is 2.14. The van der Waals surface area contributed by atoms with E-state index >= 15 is 0 Å². The van der Waals surface area contributed by atoms with Crippen molar-refractivity contribution in [1.29, 1.82) is 5.26 Å². The predicted octanol–water partition coefficient (Wildman–Crippen LogP) is 6.88. The molecule has 0 fully saturated rings. The number of nitrogens with one attached hydrogen (secondary N) is 2. The molecule has 0 saturated heterocycles. The molecule has 1 aliphatic carbocycles. The molecule has 0 radical (unpaired) electrons. The zero-order chi connectivity index (χ0) is 26.5. The number of carbonyl (C=O) groups excluding carboxylic acids is 1. The normalized spacial score (nSPS) is 21.4. The third-order valence-electron chi connectivity index (χ3n) is 7.45. The minimum atomic E-state index is -4.53. The highest BCUT2D eigenvalue weighted by Crippen LogP contribution is 2.45. The van der Waals surface area contributed by atoms with Gasteiger partial charge in [-0.1, -0.05) is 51.1 Å². The minimum absolute atomic E-state index is 0.131. The number of nitrogens with zero attached hydrogens (tertiary/aromatic N) is 3. The summed E-state index contributed by atoms with van der Waals surface area (Å²) < 4.78 is 42.8. The van der Waals surface area contributed by atoms with E-state index in [0.717, 1.165) is 39.9 Å². The maximum atomic E-state index is 14.0. The fraction of sp³-hybridized carbons (Fsp3) is 0.444. The molecule has 0 spiro atoms. The first-order chi connectivity index (χ1) is 17.5. The molecule has 0 saturated carbocycles. The van der Waals surface area contributed by atoms with Crippen molar-refractivity contribution in [2.75, 3.05) is 10.6 Å². The van der Waals surface area contributed by atoms with Gasteiger partial charge in [-0.3, -0.25) is 4.79 Å². The summed E-state index contributed by atoms with van der Waals surface area (Å²) in [6, 6.07) is 10.0. The van der Waals surface area contributed by atoms with Gasteiger partial charge in [0, 0.05) is 17.4 Å². The van der Waals surface area contributed by atoms with E-state index in [1.807, 2.05) is 0 Å². The van der Waals surface area contributed by atoms with Crippen LogP contribution in [-0.2, 0) is 12.8 Å². The maximum absolute atomic E-state index is 14.0. The van der Waals surface area contributed by atoms with E-state index in [1.165, 1.54) is 17.4 Å². The standard InChI is InChI=1S/C27H28F3N5OS/c1-26(2,3)16-9-10-17-18(14-31)25(37-21(17)11-16)33-24(36)20-13-23-32-19(15-7-5-4-6-8-15)12-22(27(28,29)30)35(23)34-20/h4-8,13,16,19,22,32H,9-12H2,1-3H3,(H,33,36). The van der Waals surface area contributed by atoms with E-state index in [9.17, 15) is 23.2 Å². The number of halogens is 3. The molecule has 2 aliphatic rings. The number of anilines is 2. The Bertz CT molecular complexity index is 1360. The lowest BCUT2D eigenvalue weighted by Gasteiger charge is -2.33. The molecule has 1 aromatic carbocycles. The molecule has 1 amide bonds. The Morgan fingerprint density at radius 2 is 1.97 bits per heavy atom. The Hall–Kier alpha value is -3.32. The van der Waals surface area contributed by atoms with Crippen LogP contribution in [0.5, 0.6) is 0 Å². The van der Waals surface area contributed by atoms with Crippen molar-refractivity contribution in [3.8, 4) is 6.07 Å². The van der Waals surface area contributed by atoms with Gasteiger partial charge in [0.2, 0.25) is 0 Å². The van der Waals surface area contributed by atoms with Gasteiger partial charge in [-0.25, -0.2) is 4.68 Å². The van der Waals surface area contributed by atoms with Crippen LogP contribution in [-0.4, -0.2) is 21.9 Å². The van der Waals surface area contributed by atoms with Crippen LogP contribution in [0, 0.1) is 22.7 Å². The van der Waals surface area contributed by atoms with Crippen molar-refractivity contribution >= 4 is 28.1 Å². The van der Waals surface area contributed by atoms with Crippen LogP contribution in [0.2, 0.25) is 0 Å². The van der Waals surface area contributed by atoms with E-state index in [0.29, 0.717) is 16.5 Å². The van der Waals surface area contributed by atoms with Gasteiger partial charge in [0.25, 0.3) is 5.91 Å². The lowest BCUT2D eigenvalue weighted by atomic mass is 9.72. The van der Waals surface area contributed by atoms with Crippen molar-refractivity contribution in [1.82, 2.24) is 9.78 Å². The summed E-state index contributed by atoms with van der Waals surface area (Å²) >= 11 is 1.38. The summed E-state index contributed by atoms with van der Waals surface area (Å²) in [5, 5.41) is 20.2. The molecule has 2 aromatic heterocycles. The maximum Gasteiger partial charge on any atom is 0.410 e. The highest BCUT2D eigenvalue weighted by molar-refractivity contribution is 7.16. The Morgan fingerprint density at radius 1 is 1.24 bits per heavy atom. The highest BCUT2D eigenvalue weighted by Gasteiger charge is 2.47. The summed E-state index contributed by atoms with van der Waals surface area (Å²) in [7, 11) is 0. The van der Waals surface area contributed by atoms with Crippen LogP contribution in [0.3, 0.4) is 0 Å². The smallest absolute Gasteiger partial charge is 0.363 e. The van der Waals surface area contributed by atoms with Crippen molar-refractivity contribution in [3.63, 3.8) is 0 Å². The third-order valence-corrected chi connectivity index (χ3v) is 8.62. The number of fused-ring (bicyclic) bond motifs is 2. The quantitative estimate of drug-likeness (QED) is 0.389. The Balaban J connectivity index is 1.42. The first-order valence-corrected chi connectivity index (χ1v) is 13.1. The van der Waals surface area contributed by atoms with Gasteiger partial charge < -0.3 is 10.6 Å². The fourth-order valence-corrected chi connectivity index (χ4v) is 6.56. The molecular weight excluding hydrogens is 499 g/mol. The van der Waals surface area contributed by atoms with Crippen molar-refractivity contribution in [2.45, 2.75) is 64.7 Å². The molecular formula is C27H28F3N5OS. The van der Waals surface area contributed by atoms with E-state index in [1.54, 1.807) is 30.3 Å². The lowest BCUT2D eigenvalue weighted by Crippen LogP contribution is -2.35. The van der Waals surface area contributed by atoms with Gasteiger partial charge in [0.1, 0.15) is 16.9 Å². The van der Waals surface area contributed by atoms with Crippen LogP contribution < -0.4 is 10.6 Å². The number of carbonyl (C=O) groups is 1. The van der Waals surface area contributed by atoms with Gasteiger partial charge in [0.15, 0.2) is 11.7 Å². The Labute approximate surface area is 217 Å². The molecule has 3 atom stereocenters. The summed E-state index contributed by atoms with van der Waals surface area (Å²) in [6.07, 6.45) is -2.20. The molecule has 3 unspecified atom stereocenters. The number of hydrogen-bond donors (Lipinski definition) is 2. The van der Waals surface area contributed by atoms with E-state index in [-0.39, 0.29) is 23.3 Å². The summed E-state index contributed by atoms with van der Waals surface area (Å²) in [6.45, 7) is 6.61. The second-order valence-corrected chi connectivity index (χ2v) is 11.9. The number of nitriles is 1. The molecule has 0 bridgehead atoms. The van der Waals surface area contributed by atoms with E-state index in [4.69, 9.17) is 0 Å². The number of hydrogen-bond acceptors (Lipinski definition) is 5. The van der Waals surface area contributed by atoms with Gasteiger partial charge in [-0.2, -0.15) is 23.5 Å². The van der Waals surface area contributed by atoms with Crippen molar-refractivity contribution in [3.05, 3.63) is 63.7 Å². The van der Waals surface area contributed by atoms with Crippen LogP contribution in [0.15, 0.2) is 36.4 Å². The molecule has 10 heteroatoms. The fourth-order valence-electron chi connectivity index (χ4n) is 5.29. The highest BCUT2D eigenvalue weighted by atomic mass is 32.1. The second-order valence-electron chi connectivity index (χ2n) is 10.8. The first-order valence-electron chi connectivity index (χ1n) is 12.3. The van der Waals surface area contributed by atoms with Crippen molar-refractivity contribution < 1.29 is 18.0 Å². The molecule has 37 heavy (non-hydrogen) atoms. The molecule has 1 aliphatic heterocycles. The molecule has 6 nitrogen and oxygen atoms in total.